The third kappa shape index (κ3) is 5.89. The maximum absolute atomic E-state index is 10.9. The Hall–Kier alpha value is -2.22. The van der Waals surface area contributed by atoms with Crippen molar-refractivity contribution in [1.29, 1.82) is 0 Å². The summed E-state index contributed by atoms with van der Waals surface area (Å²) in [5.74, 6) is 0. The van der Waals surface area contributed by atoms with Crippen molar-refractivity contribution in [3.8, 4) is 0 Å². The lowest BCUT2D eigenvalue weighted by molar-refractivity contribution is -0.927. The molecule has 0 radical (unpaired) electrons. The number of thiocarbonyl (C=S) groups is 1. The highest BCUT2D eigenvalue weighted by Crippen LogP contribution is 2.26. The summed E-state index contributed by atoms with van der Waals surface area (Å²) in [6, 6.07) is 14.8. The number of nitrogens with zero attached hydrogens (tertiary/aromatic N) is 1. The monoisotopic (exact) mass is 407 g/mol. The van der Waals surface area contributed by atoms with Crippen LogP contribution in [-0.4, -0.2) is 29.7 Å². The Bertz CT molecular complexity index is 785. The van der Waals surface area contributed by atoms with E-state index in [1.807, 2.05) is 18.2 Å². The summed E-state index contributed by atoms with van der Waals surface area (Å²) in [4.78, 5) is 11.9. The zero-order valence-electron chi connectivity index (χ0n) is 15.4. The summed E-state index contributed by atoms with van der Waals surface area (Å²) >= 11 is 11.5. The maximum Gasteiger partial charge on any atom is 0.271 e. The molecular formula is C19H24ClN4O2S+. The Labute approximate surface area is 169 Å². The van der Waals surface area contributed by atoms with Gasteiger partial charge in [-0.15, -0.1) is 0 Å². The van der Waals surface area contributed by atoms with Gasteiger partial charge in [-0.05, 0) is 32.1 Å². The number of halogens is 1. The van der Waals surface area contributed by atoms with Gasteiger partial charge in [0, 0.05) is 17.7 Å². The molecule has 8 heteroatoms. The standard InChI is InChI=1S/C19H23ClN4O2S/c1-3-23(4-2)18(14-8-6-5-7-9-14)13-21-19(27)22-17-12-15(24(25)26)10-11-16(17)20/h5-12,18H,3-4,13H2,1-2H3,(H2,21,22,27)/p+1/t18-/m1/s1. The number of anilines is 1. The van der Waals surface area contributed by atoms with Gasteiger partial charge in [0.25, 0.3) is 5.69 Å². The van der Waals surface area contributed by atoms with Gasteiger partial charge in [-0.3, -0.25) is 10.1 Å². The van der Waals surface area contributed by atoms with Gasteiger partial charge in [0.15, 0.2) is 5.11 Å². The minimum atomic E-state index is -0.465. The summed E-state index contributed by atoms with van der Waals surface area (Å²) in [5.41, 5.74) is 1.61. The van der Waals surface area contributed by atoms with Crippen molar-refractivity contribution in [2.45, 2.75) is 19.9 Å². The van der Waals surface area contributed by atoms with Gasteiger partial charge in [0.1, 0.15) is 6.04 Å². The number of likely N-dealkylation sites (N-methyl/N-ethyl adjacent to an activating group) is 1. The molecule has 0 amide bonds. The number of rotatable bonds is 8. The summed E-state index contributed by atoms with van der Waals surface area (Å²) < 4.78 is 0. The van der Waals surface area contributed by atoms with E-state index in [1.165, 1.54) is 28.7 Å². The van der Waals surface area contributed by atoms with E-state index in [4.69, 9.17) is 23.8 Å². The van der Waals surface area contributed by atoms with E-state index < -0.39 is 4.92 Å². The van der Waals surface area contributed by atoms with Gasteiger partial charge >= 0.3 is 0 Å². The van der Waals surface area contributed by atoms with Crippen LogP contribution in [0, 0.1) is 10.1 Å². The van der Waals surface area contributed by atoms with Gasteiger partial charge in [0.05, 0.1) is 35.3 Å². The Kier molecular flexibility index (Phi) is 7.97. The second-order valence-corrected chi connectivity index (χ2v) is 6.90. The summed E-state index contributed by atoms with van der Waals surface area (Å²) in [6.07, 6.45) is 0. The Morgan fingerprint density at radius 3 is 2.48 bits per heavy atom. The van der Waals surface area contributed by atoms with Gasteiger partial charge < -0.3 is 15.5 Å². The number of non-ortho nitro benzene ring substituents is 1. The molecule has 2 rings (SSSR count). The van der Waals surface area contributed by atoms with Gasteiger partial charge in [-0.2, -0.15) is 0 Å². The lowest BCUT2D eigenvalue weighted by atomic mass is 10.1. The van der Waals surface area contributed by atoms with Crippen LogP contribution in [0.2, 0.25) is 5.02 Å². The molecule has 2 aromatic carbocycles. The zero-order chi connectivity index (χ0) is 19.8. The van der Waals surface area contributed by atoms with Crippen molar-refractivity contribution in [2.75, 3.05) is 25.0 Å². The Morgan fingerprint density at radius 2 is 1.89 bits per heavy atom. The third-order valence-corrected chi connectivity index (χ3v) is 5.05. The van der Waals surface area contributed by atoms with E-state index >= 15 is 0 Å². The van der Waals surface area contributed by atoms with Crippen molar-refractivity contribution in [3.05, 3.63) is 69.2 Å². The smallest absolute Gasteiger partial charge is 0.271 e. The number of hydrogen-bond acceptors (Lipinski definition) is 3. The van der Waals surface area contributed by atoms with E-state index in [9.17, 15) is 10.1 Å². The molecule has 0 heterocycles. The molecule has 0 aliphatic heterocycles. The predicted molar refractivity (Wildman–Crippen MR) is 114 cm³/mol. The summed E-state index contributed by atoms with van der Waals surface area (Å²) in [7, 11) is 0. The fourth-order valence-electron chi connectivity index (χ4n) is 3.01. The fraction of sp³-hybridized carbons (Fsp3) is 0.316. The number of benzene rings is 2. The van der Waals surface area contributed by atoms with Crippen molar-refractivity contribution in [2.24, 2.45) is 0 Å². The van der Waals surface area contributed by atoms with Crippen LogP contribution in [0.15, 0.2) is 48.5 Å². The van der Waals surface area contributed by atoms with Crippen LogP contribution in [0.3, 0.4) is 0 Å². The number of hydrogen-bond donors (Lipinski definition) is 3. The molecule has 144 valence electrons. The molecule has 6 nitrogen and oxygen atoms in total. The van der Waals surface area contributed by atoms with Crippen LogP contribution >= 0.6 is 23.8 Å². The maximum atomic E-state index is 10.9. The van der Waals surface area contributed by atoms with Crippen LogP contribution in [-0.2, 0) is 0 Å². The predicted octanol–water partition coefficient (Wildman–Crippen LogP) is 3.20. The van der Waals surface area contributed by atoms with E-state index in [-0.39, 0.29) is 11.7 Å². The molecular weight excluding hydrogens is 384 g/mol. The minimum absolute atomic E-state index is 0.0422. The number of nitrogens with one attached hydrogen (secondary N) is 3. The molecule has 0 saturated carbocycles. The van der Waals surface area contributed by atoms with Crippen LogP contribution in [0.4, 0.5) is 11.4 Å². The molecule has 0 spiro atoms. The van der Waals surface area contributed by atoms with E-state index in [0.29, 0.717) is 22.4 Å². The molecule has 27 heavy (non-hydrogen) atoms. The zero-order valence-corrected chi connectivity index (χ0v) is 16.9. The second-order valence-electron chi connectivity index (χ2n) is 6.08. The highest BCUT2D eigenvalue weighted by molar-refractivity contribution is 7.80. The lowest BCUT2D eigenvalue weighted by Crippen LogP contribution is -3.12. The number of nitro benzene ring substituents is 1. The normalized spacial score (nSPS) is 11.9. The van der Waals surface area contributed by atoms with Crippen LogP contribution < -0.4 is 15.5 Å². The summed E-state index contributed by atoms with van der Waals surface area (Å²) in [5, 5.41) is 17.9. The molecule has 0 aromatic heterocycles. The van der Waals surface area contributed by atoms with Crippen LogP contribution in [0.5, 0.6) is 0 Å². The molecule has 2 aromatic rings. The Balaban J connectivity index is 2.08. The molecule has 3 N–H and O–H groups in total. The van der Waals surface area contributed by atoms with E-state index in [2.05, 4.69) is 36.6 Å². The topological polar surface area (TPSA) is 71.6 Å². The van der Waals surface area contributed by atoms with Crippen LogP contribution in [0.25, 0.3) is 0 Å². The van der Waals surface area contributed by atoms with Gasteiger partial charge in [-0.25, -0.2) is 0 Å². The average molecular weight is 408 g/mol. The molecule has 0 bridgehead atoms. The average Bonchev–Trinajstić information content (AvgIpc) is 2.67. The van der Waals surface area contributed by atoms with E-state index in [1.54, 1.807) is 0 Å². The molecule has 0 aliphatic rings. The Morgan fingerprint density at radius 1 is 1.22 bits per heavy atom. The third-order valence-electron chi connectivity index (χ3n) is 4.48. The molecule has 0 unspecified atom stereocenters. The molecule has 0 fully saturated rings. The minimum Gasteiger partial charge on any atom is -0.356 e. The molecule has 0 aliphatic carbocycles. The molecule has 1 atom stereocenters. The quantitative estimate of drug-likeness (QED) is 0.356. The first-order valence-corrected chi connectivity index (χ1v) is 9.63. The fourth-order valence-corrected chi connectivity index (χ4v) is 3.37. The van der Waals surface area contributed by atoms with Crippen LogP contribution in [0.1, 0.15) is 25.5 Å². The largest absolute Gasteiger partial charge is 0.356 e. The van der Waals surface area contributed by atoms with E-state index in [0.717, 1.165) is 13.1 Å². The van der Waals surface area contributed by atoms with Gasteiger partial charge in [0.2, 0.25) is 0 Å². The lowest BCUT2D eigenvalue weighted by Gasteiger charge is -2.27. The number of nitro groups is 1. The first-order chi connectivity index (χ1) is 13.0. The SMILES string of the molecule is CC[NH+](CC)[C@H](CNC(=S)Nc1cc([N+](=O)[O-])ccc1Cl)c1ccccc1. The highest BCUT2D eigenvalue weighted by Gasteiger charge is 2.21. The first kappa shape index (κ1) is 21.1. The second kappa shape index (κ2) is 10.2. The highest BCUT2D eigenvalue weighted by atomic mass is 35.5. The van der Waals surface area contributed by atoms with Crippen molar-refractivity contribution < 1.29 is 9.82 Å². The first-order valence-electron chi connectivity index (χ1n) is 8.84. The number of quaternary nitrogens is 1. The van der Waals surface area contributed by atoms with Gasteiger partial charge in [-0.1, -0.05) is 41.9 Å². The van der Waals surface area contributed by atoms with Crippen molar-refractivity contribution >= 4 is 40.3 Å². The summed E-state index contributed by atoms with van der Waals surface area (Å²) in [6.45, 7) is 6.95. The van der Waals surface area contributed by atoms with Crippen molar-refractivity contribution in [3.63, 3.8) is 0 Å². The van der Waals surface area contributed by atoms with Crippen molar-refractivity contribution in [1.82, 2.24) is 5.32 Å². The molecule has 0 saturated heterocycles.